The summed E-state index contributed by atoms with van der Waals surface area (Å²) >= 11 is 0. The van der Waals surface area contributed by atoms with Gasteiger partial charge in [-0.1, -0.05) is 6.92 Å². The summed E-state index contributed by atoms with van der Waals surface area (Å²) in [6, 6.07) is 0. The Balaban J connectivity index is 1.47. The van der Waals surface area contributed by atoms with Crippen LogP contribution in [-0.4, -0.2) is 13.3 Å². The Labute approximate surface area is 147 Å². The summed E-state index contributed by atoms with van der Waals surface area (Å²) in [5.41, 5.74) is 0.499. The van der Waals surface area contributed by atoms with Crippen LogP contribution in [0.2, 0.25) is 0 Å². The van der Waals surface area contributed by atoms with Gasteiger partial charge in [0.05, 0.1) is 13.3 Å². The molecule has 4 fully saturated rings. The van der Waals surface area contributed by atoms with E-state index >= 15 is 0 Å². The highest BCUT2D eigenvalue weighted by Crippen LogP contribution is 2.65. The van der Waals surface area contributed by atoms with E-state index in [4.69, 9.17) is 0 Å². The smallest absolute Gasteiger partial charge is 0.0922 e. The number of alkyl halides is 2. The third-order valence-corrected chi connectivity index (χ3v) is 9.16. The molecule has 0 aromatic heterocycles. The zero-order valence-electron chi connectivity index (χ0n) is 15.5. The average Bonchev–Trinajstić information content (AvgIpc) is 2.95. The standard InChI is InChI=1S/C22H36F2/c1-22-11-10-19-18-7-4-15(14-24)13-16(18)5-8-20(19)21(22)9-6-17(22)3-2-12-23/h15-21H,2-14H2,1H3/t15-,16?,17?,18-,19?,20+,21?,22+/m0/s1. The van der Waals surface area contributed by atoms with Gasteiger partial charge in [-0.3, -0.25) is 8.78 Å². The third-order valence-electron chi connectivity index (χ3n) is 9.16. The summed E-state index contributed by atoms with van der Waals surface area (Å²) in [7, 11) is 0. The van der Waals surface area contributed by atoms with E-state index in [0.717, 1.165) is 54.8 Å². The largest absolute Gasteiger partial charge is 0.251 e. The molecule has 0 amide bonds. The fraction of sp³-hybridized carbons (Fsp3) is 1.00. The zero-order valence-corrected chi connectivity index (χ0v) is 15.5. The first-order valence-corrected chi connectivity index (χ1v) is 10.8. The molecular weight excluding hydrogens is 302 g/mol. The fourth-order valence-corrected chi connectivity index (χ4v) is 8.00. The van der Waals surface area contributed by atoms with Gasteiger partial charge in [-0.15, -0.1) is 0 Å². The van der Waals surface area contributed by atoms with Crippen LogP contribution < -0.4 is 0 Å². The monoisotopic (exact) mass is 338 g/mol. The number of hydrogen-bond donors (Lipinski definition) is 0. The summed E-state index contributed by atoms with van der Waals surface area (Å²) in [5.74, 6) is 5.65. The van der Waals surface area contributed by atoms with Crippen molar-refractivity contribution in [2.24, 2.45) is 46.8 Å². The van der Waals surface area contributed by atoms with Crippen LogP contribution in [0.3, 0.4) is 0 Å². The maximum Gasteiger partial charge on any atom is 0.0922 e. The van der Waals surface area contributed by atoms with Gasteiger partial charge in [0.2, 0.25) is 0 Å². The molecule has 8 atom stereocenters. The second-order valence-corrected chi connectivity index (χ2v) is 9.92. The molecule has 4 saturated carbocycles. The molecule has 0 nitrogen and oxygen atoms in total. The Hall–Kier alpha value is -0.140. The lowest BCUT2D eigenvalue weighted by molar-refractivity contribution is -0.0699. The quantitative estimate of drug-likeness (QED) is 0.542. The Bertz CT molecular complexity index is 436. The maximum atomic E-state index is 13.1. The Morgan fingerprint density at radius 2 is 1.71 bits per heavy atom. The maximum absolute atomic E-state index is 13.1. The normalized spacial score (nSPS) is 50.9. The van der Waals surface area contributed by atoms with Gasteiger partial charge in [0.1, 0.15) is 0 Å². The van der Waals surface area contributed by atoms with E-state index in [0.29, 0.717) is 11.3 Å². The minimum Gasteiger partial charge on any atom is -0.251 e. The molecular formula is C22H36F2. The topological polar surface area (TPSA) is 0 Å². The average molecular weight is 339 g/mol. The highest BCUT2D eigenvalue weighted by molar-refractivity contribution is 5.05. The van der Waals surface area contributed by atoms with Crippen LogP contribution in [0.4, 0.5) is 8.78 Å². The molecule has 0 radical (unpaired) electrons. The molecule has 0 aromatic rings. The van der Waals surface area contributed by atoms with Gasteiger partial charge in [-0.25, -0.2) is 0 Å². The van der Waals surface area contributed by atoms with Crippen molar-refractivity contribution >= 4 is 0 Å². The molecule has 24 heavy (non-hydrogen) atoms. The summed E-state index contributed by atoms with van der Waals surface area (Å²) in [5, 5.41) is 0. The number of halogens is 2. The fourth-order valence-electron chi connectivity index (χ4n) is 8.00. The zero-order chi connectivity index (χ0) is 16.7. The molecule has 0 bridgehead atoms. The van der Waals surface area contributed by atoms with Crippen molar-refractivity contribution in [1.29, 1.82) is 0 Å². The van der Waals surface area contributed by atoms with Gasteiger partial charge in [-0.05, 0) is 117 Å². The van der Waals surface area contributed by atoms with E-state index in [1.807, 2.05) is 0 Å². The molecule has 4 unspecified atom stereocenters. The second kappa shape index (κ2) is 6.88. The predicted octanol–water partition coefficient (Wildman–Crippen LogP) is 6.59. The van der Waals surface area contributed by atoms with Gasteiger partial charge in [0.25, 0.3) is 0 Å². The molecule has 4 aliphatic carbocycles. The van der Waals surface area contributed by atoms with E-state index in [-0.39, 0.29) is 13.3 Å². The van der Waals surface area contributed by atoms with E-state index in [1.165, 1.54) is 51.4 Å². The first-order chi connectivity index (χ1) is 11.7. The SMILES string of the molecule is C[C@]12CCC3[C@@H](CCC4C[C@@H](CF)CC[C@@H]43)C1CCC2CCCF. The minimum absolute atomic E-state index is 0.0890. The molecule has 0 aromatic carbocycles. The van der Waals surface area contributed by atoms with Crippen LogP contribution in [0.15, 0.2) is 0 Å². The van der Waals surface area contributed by atoms with Crippen molar-refractivity contribution in [3.63, 3.8) is 0 Å². The van der Waals surface area contributed by atoms with Crippen LogP contribution in [0.5, 0.6) is 0 Å². The molecule has 4 rings (SSSR count). The van der Waals surface area contributed by atoms with Crippen LogP contribution >= 0.6 is 0 Å². The van der Waals surface area contributed by atoms with Crippen LogP contribution in [0, 0.1) is 46.8 Å². The van der Waals surface area contributed by atoms with Crippen molar-refractivity contribution in [3.05, 3.63) is 0 Å². The van der Waals surface area contributed by atoms with Crippen molar-refractivity contribution in [2.45, 2.75) is 77.6 Å². The molecule has 4 aliphatic rings. The lowest BCUT2D eigenvalue weighted by Crippen LogP contribution is -2.48. The summed E-state index contributed by atoms with van der Waals surface area (Å²) in [6.45, 7) is 2.33. The molecule has 0 spiro atoms. The number of fused-ring (bicyclic) bond motifs is 5. The van der Waals surface area contributed by atoms with Crippen molar-refractivity contribution in [1.82, 2.24) is 0 Å². The first kappa shape index (κ1) is 17.3. The first-order valence-electron chi connectivity index (χ1n) is 10.8. The lowest BCUT2D eigenvalue weighted by Gasteiger charge is -2.56. The molecule has 0 N–H and O–H groups in total. The Morgan fingerprint density at radius 1 is 0.875 bits per heavy atom. The van der Waals surface area contributed by atoms with E-state index in [9.17, 15) is 8.78 Å². The highest BCUT2D eigenvalue weighted by Gasteiger charge is 2.56. The second-order valence-electron chi connectivity index (χ2n) is 9.92. The molecule has 2 heteroatoms. The lowest BCUT2D eigenvalue weighted by atomic mass is 9.49. The number of rotatable bonds is 4. The van der Waals surface area contributed by atoms with Crippen LogP contribution in [0.1, 0.15) is 77.6 Å². The van der Waals surface area contributed by atoms with Gasteiger partial charge in [0.15, 0.2) is 0 Å². The van der Waals surface area contributed by atoms with Crippen molar-refractivity contribution < 1.29 is 8.78 Å². The molecule has 0 saturated heterocycles. The number of hydrogen-bond acceptors (Lipinski definition) is 0. The molecule has 0 aliphatic heterocycles. The van der Waals surface area contributed by atoms with E-state index in [2.05, 4.69) is 6.92 Å². The highest BCUT2D eigenvalue weighted by atomic mass is 19.1. The van der Waals surface area contributed by atoms with Crippen LogP contribution in [0.25, 0.3) is 0 Å². The summed E-state index contributed by atoms with van der Waals surface area (Å²) < 4.78 is 25.8. The summed E-state index contributed by atoms with van der Waals surface area (Å²) in [6.07, 6.45) is 13.8. The molecule has 0 heterocycles. The summed E-state index contributed by atoms with van der Waals surface area (Å²) in [4.78, 5) is 0. The van der Waals surface area contributed by atoms with Gasteiger partial charge < -0.3 is 0 Å². The van der Waals surface area contributed by atoms with Crippen LogP contribution in [-0.2, 0) is 0 Å². The predicted molar refractivity (Wildman–Crippen MR) is 95.3 cm³/mol. The van der Waals surface area contributed by atoms with Crippen molar-refractivity contribution in [2.75, 3.05) is 13.3 Å². The van der Waals surface area contributed by atoms with Gasteiger partial charge >= 0.3 is 0 Å². The minimum atomic E-state index is -0.136. The third kappa shape index (κ3) is 2.75. The Kier molecular flexibility index (Phi) is 4.95. The molecule has 138 valence electrons. The van der Waals surface area contributed by atoms with E-state index in [1.54, 1.807) is 0 Å². The van der Waals surface area contributed by atoms with Crippen molar-refractivity contribution in [3.8, 4) is 0 Å². The Morgan fingerprint density at radius 3 is 2.50 bits per heavy atom. The van der Waals surface area contributed by atoms with Gasteiger partial charge in [-0.2, -0.15) is 0 Å². The van der Waals surface area contributed by atoms with Gasteiger partial charge in [0, 0.05) is 0 Å². The van der Waals surface area contributed by atoms with E-state index < -0.39 is 0 Å².